The van der Waals surface area contributed by atoms with E-state index in [0.29, 0.717) is 5.92 Å². The summed E-state index contributed by atoms with van der Waals surface area (Å²) in [5.74, 6) is 0.337. The van der Waals surface area contributed by atoms with Crippen LogP contribution in [0, 0.1) is 17.2 Å². The molecule has 2 rings (SSSR count). The lowest BCUT2D eigenvalue weighted by Crippen LogP contribution is -2.35. The van der Waals surface area contributed by atoms with Crippen LogP contribution in [0.15, 0.2) is 60.7 Å². The van der Waals surface area contributed by atoms with Gasteiger partial charge in [0.05, 0.1) is 6.07 Å². The van der Waals surface area contributed by atoms with Gasteiger partial charge in [0, 0.05) is 0 Å². The van der Waals surface area contributed by atoms with Crippen molar-refractivity contribution in [3.63, 3.8) is 0 Å². The van der Waals surface area contributed by atoms with Gasteiger partial charge in [0.15, 0.2) is 0 Å². The molecule has 0 N–H and O–H groups in total. The van der Waals surface area contributed by atoms with Crippen molar-refractivity contribution >= 4 is 0 Å². The van der Waals surface area contributed by atoms with Crippen LogP contribution in [-0.4, -0.2) is 0 Å². The number of nitrogens with zero attached hydrogens (tertiary/aromatic N) is 1. The van der Waals surface area contributed by atoms with E-state index in [1.807, 2.05) is 36.4 Å². The van der Waals surface area contributed by atoms with Crippen LogP contribution in [-0.2, 0) is 5.41 Å². The van der Waals surface area contributed by atoms with Crippen molar-refractivity contribution in [1.29, 1.82) is 5.26 Å². The number of rotatable bonds is 8. The molecule has 2 aromatic rings. The summed E-state index contributed by atoms with van der Waals surface area (Å²) in [4.78, 5) is 0. The molecule has 1 unspecified atom stereocenters. The Kier molecular flexibility index (Phi) is 6.41. The molecule has 0 heterocycles. The summed E-state index contributed by atoms with van der Waals surface area (Å²) in [6.07, 6.45) is 5.76. The molecule has 23 heavy (non-hydrogen) atoms. The fourth-order valence-corrected chi connectivity index (χ4v) is 3.63. The highest BCUT2D eigenvalue weighted by atomic mass is 14.5. The molecule has 0 fully saturated rings. The lowest BCUT2D eigenvalue weighted by atomic mass is 9.64. The fraction of sp³-hybridized carbons (Fsp3) is 0.409. The fourth-order valence-electron chi connectivity index (χ4n) is 3.63. The SMILES string of the molecule is CCCCCC(CC)C(C#N)(c1ccccc1)c1ccccc1. The van der Waals surface area contributed by atoms with Crippen LogP contribution in [0.4, 0.5) is 0 Å². The maximum absolute atomic E-state index is 10.3. The smallest absolute Gasteiger partial charge is 0.110 e. The lowest BCUT2D eigenvalue weighted by Gasteiger charge is -2.36. The zero-order chi connectivity index (χ0) is 16.5. The van der Waals surface area contributed by atoms with E-state index in [1.54, 1.807) is 0 Å². The van der Waals surface area contributed by atoms with Crippen LogP contribution in [0.25, 0.3) is 0 Å². The minimum atomic E-state index is -0.551. The molecule has 0 aliphatic heterocycles. The van der Waals surface area contributed by atoms with E-state index in [4.69, 9.17) is 0 Å². The predicted molar refractivity (Wildman–Crippen MR) is 97.2 cm³/mol. The van der Waals surface area contributed by atoms with Gasteiger partial charge in [0.1, 0.15) is 5.41 Å². The Bertz CT molecular complexity index is 570. The molecular formula is C22H27N. The molecule has 0 aromatic heterocycles. The Labute approximate surface area is 141 Å². The average molecular weight is 305 g/mol. The van der Waals surface area contributed by atoms with Crippen LogP contribution < -0.4 is 0 Å². The first kappa shape index (κ1) is 17.3. The second-order valence-corrected chi connectivity index (χ2v) is 6.25. The van der Waals surface area contributed by atoms with Crippen molar-refractivity contribution in [2.45, 2.75) is 51.4 Å². The van der Waals surface area contributed by atoms with Gasteiger partial charge in [-0.05, 0) is 23.5 Å². The van der Waals surface area contributed by atoms with Crippen molar-refractivity contribution in [2.24, 2.45) is 5.92 Å². The van der Waals surface area contributed by atoms with Gasteiger partial charge in [0.25, 0.3) is 0 Å². The number of hydrogen-bond donors (Lipinski definition) is 0. The maximum atomic E-state index is 10.3. The van der Waals surface area contributed by atoms with Gasteiger partial charge < -0.3 is 0 Å². The van der Waals surface area contributed by atoms with Crippen LogP contribution >= 0.6 is 0 Å². The lowest BCUT2D eigenvalue weighted by molar-refractivity contribution is 0.342. The minimum Gasteiger partial charge on any atom is -0.197 e. The molecule has 0 bridgehead atoms. The van der Waals surface area contributed by atoms with E-state index < -0.39 is 5.41 Å². The number of benzene rings is 2. The van der Waals surface area contributed by atoms with Gasteiger partial charge in [-0.25, -0.2) is 0 Å². The van der Waals surface area contributed by atoms with Crippen LogP contribution in [0.5, 0.6) is 0 Å². The molecule has 120 valence electrons. The van der Waals surface area contributed by atoms with E-state index in [2.05, 4.69) is 44.2 Å². The first-order valence-corrected chi connectivity index (χ1v) is 8.81. The first-order valence-electron chi connectivity index (χ1n) is 8.81. The summed E-state index contributed by atoms with van der Waals surface area (Å²) in [6, 6.07) is 23.4. The Hall–Kier alpha value is -2.07. The molecule has 1 nitrogen and oxygen atoms in total. The summed E-state index contributed by atoms with van der Waals surface area (Å²) in [5.41, 5.74) is 1.69. The molecule has 2 aromatic carbocycles. The van der Waals surface area contributed by atoms with Crippen molar-refractivity contribution < 1.29 is 0 Å². The van der Waals surface area contributed by atoms with Crippen LogP contribution in [0.1, 0.15) is 57.1 Å². The predicted octanol–water partition coefficient (Wildman–Crippen LogP) is 6.10. The van der Waals surface area contributed by atoms with Crippen molar-refractivity contribution in [3.05, 3.63) is 71.8 Å². The molecule has 0 aliphatic rings. The molecule has 0 saturated heterocycles. The molecule has 0 amide bonds. The average Bonchev–Trinajstić information content (AvgIpc) is 2.63. The third-order valence-electron chi connectivity index (χ3n) is 4.90. The highest BCUT2D eigenvalue weighted by molar-refractivity contribution is 5.46. The molecule has 0 radical (unpaired) electrons. The molecule has 1 heteroatoms. The van der Waals surface area contributed by atoms with E-state index >= 15 is 0 Å². The Balaban J connectivity index is 2.52. The van der Waals surface area contributed by atoms with Gasteiger partial charge >= 0.3 is 0 Å². The highest BCUT2D eigenvalue weighted by Gasteiger charge is 2.41. The third kappa shape index (κ3) is 3.64. The number of unbranched alkanes of at least 4 members (excludes halogenated alkanes) is 2. The Morgan fingerprint density at radius 1 is 0.870 bits per heavy atom. The van der Waals surface area contributed by atoms with Crippen molar-refractivity contribution in [2.75, 3.05) is 0 Å². The maximum Gasteiger partial charge on any atom is 0.110 e. The topological polar surface area (TPSA) is 23.8 Å². The summed E-state index contributed by atoms with van der Waals surface area (Å²) >= 11 is 0. The van der Waals surface area contributed by atoms with Crippen LogP contribution in [0.2, 0.25) is 0 Å². The molecule has 0 saturated carbocycles. The Morgan fingerprint density at radius 2 is 1.39 bits per heavy atom. The standard InChI is InChI=1S/C22H27N/c1-3-5-8-13-19(4-2)22(18-23,20-14-9-6-10-15-20)21-16-11-7-12-17-21/h6-7,9-12,14-17,19H,3-5,8,13H2,1-2H3. The van der Waals surface area contributed by atoms with Gasteiger partial charge in [-0.15, -0.1) is 0 Å². The number of nitriles is 1. The normalized spacial score (nSPS) is 12.6. The highest BCUT2D eigenvalue weighted by Crippen LogP contribution is 2.42. The van der Waals surface area contributed by atoms with Crippen LogP contribution in [0.3, 0.4) is 0 Å². The monoisotopic (exact) mass is 305 g/mol. The summed E-state index contributed by atoms with van der Waals surface area (Å²) in [7, 11) is 0. The second-order valence-electron chi connectivity index (χ2n) is 6.25. The third-order valence-corrected chi connectivity index (χ3v) is 4.90. The van der Waals surface area contributed by atoms with Gasteiger partial charge in [-0.1, -0.05) is 100 Å². The summed E-state index contributed by atoms with van der Waals surface area (Å²) in [6.45, 7) is 4.45. The molecule has 0 spiro atoms. The molecule has 0 aliphatic carbocycles. The zero-order valence-electron chi connectivity index (χ0n) is 14.3. The molecular weight excluding hydrogens is 278 g/mol. The quantitative estimate of drug-likeness (QED) is 0.540. The summed E-state index contributed by atoms with van der Waals surface area (Å²) < 4.78 is 0. The van der Waals surface area contributed by atoms with E-state index in [1.165, 1.54) is 19.3 Å². The van der Waals surface area contributed by atoms with Crippen molar-refractivity contribution in [1.82, 2.24) is 0 Å². The molecule has 1 atom stereocenters. The van der Waals surface area contributed by atoms with E-state index in [-0.39, 0.29) is 0 Å². The van der Waals surface area contributed by atoms with Gasteiger partial charge in [0.2, 0.25) is 0 Å². The van der Waals surface area contributed by atoms with Gasteiger partial charge in [-0.3, -0.25) is 0 Å². The largest absolute Gasteiger partial charge is 0.197 e. The first-order chi connectivity index (χ1) is 11.3. The zero-order valence-corrected chi connectivity index (χ0v) is 14.3. The van der Waals surface area contributed by atoms with E-state index in [0.717, 1.165) is 24.0 Å². The van der Waals surface area contributed by atoms with Crippen molar-refractivity contribution in [3.8, 4) is 6.07 Å². The van der Waals surface area contributed by atoms with E-state index in [9.17, 15) is 5.26 Å². The minimum absolute atomic E-state index is 0.337. The van der Waals surface area contributed by atoms with Gasteiger partial charge in [-0.2, -0.15) is 5.26 Å². The number of hydrogen-bond acceptors (Lipinski definition) is 1. The second kappa shape index (κ2) is 8.53. The summed E-state index contributed by atoms with van der Waals surface area (Å²) in [5, 5.41) is 10.3. The Morgan fingerprint density at radius 3 is 1.78 bits per heavy atom.